The van der Waals surface area contributed by atoms with Crippen LogP contribution in [0.3, 0.4) is 0 Å². The van der Waals surface area contributed by atoms with E-state index in [1.165, 1.54) is 0 Å². The molecule has 0 aromatic heterocycles. The van der Waals surface area contributed by atoms with E-state index in [0.717, 1.165) is 12.0 Å². The Hall–Kier alpha value is -1.46. The summed E-state index contributed by atoms with van der Waals surface area (Å²) in [6.45, 7) is 1.76. The minimum Gasteiger partial charge on any atom is -0.369 e. The maximum atomic E-state index is 6.27. The first-order valence-corrected chi connectivity index (χ1v) is 8.28. The molecule has 23 heavy (non-hydrogen) atoms. The third kappa shape index (κ3) is 3.26. The van der Waals surface area contributed by atoms with E-state index in [1.807, 2.05) is 24.3 Å². The van der Waals surface area contributed by atoms with Crippen LogP contribution in [0.25, 0.3) is 0 Å². The van der Waals surface area contributed by atoms with Gasteiger partial charge in [-0.05, 0) is 12.0 Å². The summed E-state index contributed by atoms with van der Waals surface area (Å²) >= 11 is 0. The van der Waals surface area contributed by atoms with Crippen molar-refractivity contribution in [3.63, 3.8) is 0 Å². The van der Waals surface area contributed by atoms with Crippen LogP contribution in [0.15, 0.2) is 54.6 Å². The SMILES string of the molecule is C1=CC[C@@H]2O[C@@H]3C=CCO[C@H]3[C@H](OCc3ccccc3)[C@H]2OC1. The number of hydrogen-bond acceptors (Lipinski definition) is 4. The van der Waals surface area contributed by atoms with E-state index in [2.05, 4.69) is 30.4 Å². The Morgan fingerprint density at radius 1 is 0.957 bits per heavy atom. The molecule has 0 amide bonds. The second-order valence-corrected chi connectivity index (χ2v) is 6.13. The van der Waals surface area contributed by atoms with E-state index in [1.54, 1.807) is 0 Å². The molecule has 3 heterocycles. The lowest BCUT2D eigenvalue weighted by molar-refractivity contribution is -0.247. The summed E-state index contributed by atoms with van der Waals surface area (Å²) < 4.78 is 24.4. The molecule has 4 rings (SSSR count). The fourth-order valence-corrected chi connectivity index (χ4v) is 3.46. The maximum absolute atomic E-state index is 6.27. The van der Waals surface area contributed by atoms with Crippen molar-refractivity contribution in [2.45, 2.75) is 43.5 Å². The van der Waals surface area contributed by atoms with Crippen LogP contribution < -0.4 is 0 Å². The molecule has 4 heteroatoms. The predicted molar refractivity (Wildman–Crippen MR) is 86.1 cm³/mol. The number of fused-ring (bicyclic) bond motifs is 2. The summed E-state index contributed by atoms with van der Waals surface area (Å²) in [7, 11) is 0. The first kappa shape index (κ1) is 15.1. The van der Waals surface area contributed by atoms with E-state index in [9.17, 15) is 0 Å². The molecule has 4 nitrogen and oxygen atoms in total. The minimum atomic E-state index is -0.121. The Bertz CT molecular complexity index is 568. The predicted octanol–water partition coefficient (Wildman–Crippen LogP) is 2.64. The molecule has 0 aliphatic carbocycles. The molecule has 1 saturated heterocycles. The highest BCUT2D eigenvalue weighted by Gasteiger charge is 2.47. The second-order valence-electron chi connectivity index (χ2n) is 6.13. The lowest BCUT2D eigenvalue weighted by Crippen LogP contribution is -2.60. The summed E-state index contributed by atoms with van der Waals surface area (Å²) in [5.41, 5.74) is 1.16. The van der Waals surface area contributed by atoms with Gasteiger partial charge in [-0.2, -0.15) is 0 Å². The van der Waals surface area contributed by atoms with E-state index in [4.69, 9.17) is 18.9 Å². The second kappa shape index (κ2) is 6.97. The summed E-state index contributed by atoms with van der Waals surface area (Å²) in [6, 6.07) is 10.2. The molecule has 0 bridgehead atoms. The first-order valence-electron chi connectivity index (χ1n) is 8.28. The topological polar surface area (TPSA) is 36.9 Å². The van der Waals surface area contributed by atoms with E-state index in [-0.39, 0.29) is 30.5 Å². The van der Waals surface area contributed by atoms with Crippen molar-refractivity contribution in [3.05, 3.63) is 60.2 Å². The maximum Gasteiger partial charge on any atom is 0.116 e. The van der Waals surface area contributed by atoms with Crippen molar-refractivity contribution < 1.29 is 18.9 Å². The highest BCUT2D eigenvalue weighted by molar-refractivity contribution is 5.14. The summed E-state index contributed by atoms with van der Waals surface area (Å²) in [4.78, 5) is 0. The van der Waals surface area contributed by atoms with Crippen LogP contribution in [0.4, 0.5) is 0 Å². The van der Waals surface area contributed by atoms with Gasteiger partial charge in [-0.15, -0.1) is 0 Å². The van der Waals surface area contributed by atoms with Gasteiger partial charge < -0.3 is 18.9 Å². The summed E-state index contributed by atoms with van der Waals surface area (Å²) in [5.74, 6) is 0. The van der Waals surface area contributed by atoms with Crippen molar-refractivity contribution in [1.82, 2.24) is 0 Å². The van der Waals surface area contributed by atoms with Gasteiger partial charge in [0.25, 0.3) is 0 Å². The number of hydrogen-bond donors (Lipinski definition) is 0. The van der Waals surface area contributed by atoms with Gasteiger partial charge in [0.2, 0.25) is 0 Å². The molecule has 1 fully saturated rings. The highest BCUT2D eigenvalue weighted by atomic mass is 16.6. The molecule has 122 valence electrons. The molecule has 0 radical (unpaired) electrons. The molecular weight excluding hydrogens is 292 g/mol. The van der Waals surface area contributed by atoms with Crippen molar-refractivity contribution in [3.8, 4) is 0 Å². The lowest BCUT2D eigenvalue weighted by atomic mass is 9.91. The fourth-order valence-electron chi connectivity index (χ4n) is 3.46. The molecular formula is C19H22O4. The number of benzene rings is 1. The van der Waals surface area contributed by atoms with Crippen molar-refractivity contribution in [1.29, 1.82) is 0 Å². The number of rotatable bonds is 3. The van der Waals surface area contributed by atoms with Gasteiger partial charge in [0.1, 0.15) is 24.4 Å². The van der Waals surface area contributed by atoms with Gasteiger partial charge in [0, 0.05) is 0 Å². The van der Waals surface area contributed by atoms with Crippen molar-refractivity contribution in [2.75, 3.05) is 13.2 Å². The monoisotopic (exact) mass is 314 g/mol. The Morgan fingerprint density at radius 3 is 2.70 bits per heavy atom. The van der Waals surface area contributed by atoms with Crippen molar-refractivity contribution in [2.24, 2.45) is 0 Å². The molecule has 0 N–H and O–H groups in total. The molecule has 5 atom stereocenters. The molecule has 1 aromatic rings. The van der Waals surface area contributed by atoms with Crippen LogP contribution >= 0.6 is 0 Å². The van der Waals surface area contributed by atoms with Crippen LogP contribution in [0, 0.1) is 0 Å². The zero-order valence-corrected chi connectivity index (χ0v) is 13.0. The van der Waals surface area contributed by atoms with Gasteiger partial charge in [-0.3, -0.25) is 0 Å². The summed E-state index contributed by atoms with van der Waals surface area (Å²) in [5, 5.41) is 0. The van der Waals surface area contributed by atoms with Crippen LogP contribution in [0.2, 0.25) is 0 Å². The molecule has 0 unspecified atom stereocenters. The van der Waals surface area contributed by atoms with Gasteiger partial charge in [-0.1, -0.05) is 54.6 Å². The molecule has 3 aliphatic heterocycles. The summed E-state index contributed by atoms with van der Waals surface area (Å²) in [6.07, 6.45) is 8.79. The standard InChI is InChI=1S/C19H22O4/c1-2-7-14(8-3-1)13-22-19-17-15(9-4-5-11-20-17)23-16-10-6-12-21-18(16)19/h1-8,10,15-19H,9,11-13H2/t15-,16+,17-,18+,19+/m0/s1. The number of ether oxygens (including phenoxy) is 4. The van der Waals surface area contributed by atoms with E-state index < -0.39 is 0 Å². The van der Waals surface area contributed by atoms with Crippen LogP contribution in [-0.4, -0.2) is 43.7 Å². The highest BCUT2D eigenvalue weighted by Crippen LogP contribution is 2.33. The quantitative estimate of drug-likeness (QED) is 0.804. The molecule has 0 saturated carbocycles. The Balaban J connectivity index is 1.53. The smallest absolute Gasteiger partial charge is 0.116 e. The average Bonchev–Trinajstić information content (AvgIpc) is 2.85. The first-order chi connectivity index (χ1) is 11.4. The van der Waals surface area contributed by atoms with Gasteiger partial charge in [-0.25, -0.2) is 0 Å². The zero-order chi connectivity index (χ0) is 15.5. The van der Waals surface area contributed by atoms with Crippen LogP contribution in [-0.2, 0) is 25.6 Å². The lowest BCUT2D eigenvalue weighted by Gasteiger charge is -2.46. The third-order valence-electron chi connectivity index (χ3n) is 4.59. The van der Waals surface area contributed by atoms with E-state index >= 15 is 0 Å². The fraction of sp³-hybridized carbons (Fsp3) is 0.474. The van der Waals surface area contributed by atoms with Gasteiger partial charge >= 0.3 is 0 Å². The Kier molecular flexibility index (Phi) is 4.57. The van der Waals surface area contributed by atoms with Gasteiger partial charge in [0.15, 0.2) is 0 Å². The van der Waals surface area contributed by atoms with Crippen LogP contribution in [0.1, 0.15) is 12.0 Å². The minimum absolute atomic E-state index is 0.0159. The average molecular weight is 314 g/mol. The molecule has 0 spiro atoms. The normalized spacial score (nSPS) is 36.1. The zero-order valence-electron chi connectivity index (χ0n) is 13.0. The third-order valence-corrected chi connectivity index (χ3v) is 4.59. The van der Waals surface area contributed by atoms with E-state index in [0.29, 0.717) is 19.8 Å². The van der Waals surface area contributed by atoms with Crippen molar-refractivity contribution >= 4 is 0 Å². The van der Waals surface area contributed by atoms with Gasteiger partial charge in [0.05, 0.1) is 25.9 Å². The Labute approximate surface area is 136 Å². The van der Waals surface area contributed by atoms with Crippen LogP contribution in [0.5, 0.6) is 0 Å². The molecule has 1 aromatic carbocycles. The largest absolute Gasteiger partial charge is 0.369 e. The molecule has 3 aliphatic rings. The Morgan fingerprint density at radius 2 is 1.78 bits per heavy atom.